The fraction of sp³-hybridized carbons (Fsp3) is 0.357. The summed E-state index contributed by atoms with van der Waals surface area (Å²) < 4.78 is 61.7. The Bertz CT molecular complexity index is 749. The molecule has 0 aliphatic heterocycles. The summed E-state index contributed by atoms with van der Waals surface area (Å²) in [4.78, 5) is 11.5. The molecule has 26 heavy (non-hydrogen) atoms. The molecule has 1 aromatic heterocycles. The molecule has 0 aliphatic carbocycles. The van der Waals surface area contributed by atoms with Gasteiger partial charge in [-0.15, -0.1) is 4.98 Å². The van der Waals surface area contributed by atoms with Gasteiger partial charge in [-0.3, -0.25) is 0 Å². The van der Waals surface area contributed by atoms with Gasteiger partial charge in [-0.2, -0.15) is 23.1 Å². The third-order valence-corrected chi connectivity index (χ3v) is 4.30. The first-order valence-corrected chi connectivity index (χ1v) is 8.20. The Hall–Kier alpha value is -2.31. The van der Waals surface area contributed by atoms with Gasteiger partial charge in [-0.05, 0) is 6.07 Å². The fourth-order valence-corrected chi connectivity index (χ4v) is 2.70. The lowest BCUT2D eigenvalue weighted by molar-refractivity contribution is 0.204. The lowest BCUT2D eigenvalue weighted by atomic mass is 10.1. The quantitative estimate of drug-likeness (QED) is 0.706. The first-order valence-electron chi connectivity index (χ1n) is 7.03. The Balaban J connectivity index is 2.53. The highest BCUT2D eigenvalue weighted by molar-refractivity contribution is 7.93. The van der Waals surface area contributed by atoms with Crippen LogP contribution in [0.3, 0.4) is 0 Å². The highest BCUT2D eigenvalue weighted by Crippen LogP contribution is 2.34. The molecule has 0 aliphatic rings. The minimum Gasteiger partial charge on any atom is -0.588 e. The van der Waals surface area contributed by atoms with E-state index in [4.69, 9.17) is 9.47 Å². The first-order chi connectivity index (χ1) is 12.3. The molecule has 0 bridgehead atoms. The number of aromatic nitrogens is 3. The normalized spacial score (nSPS) is 13.4. The standard InChI is InChI=1S/C14H15F3N4O4S/c1-21(26(23)12(16)17)9-7(5-4-6-8(9)15)10(22)11-18-13(24-2)20-14(19-11)25-3/h4-6,10,12,22H,1-3H3. The Morgan fingerprint density at radius 2 is 1.73 bits per heavy atom. The van der Waals surface area contributed by atoms with E-state index >= 15 is 0 Å². The Labute approximate surface area is 149 Å². The minimum atomic E-state index is -3.23. The summed E-state index contributed by atoms with van der Waals surface area (Å²) in [5, 5.41) is 10.6. The van der Waals surface area contributed by atoms with E-state index in [1.807, 2.05) is 0 Å². The average molecular weight is 392 g/mol. The van der Waals surface area contributed by atoms with Crippen molar-refractivity contribution in [1.82, 2.24) is 15.0 Å². The Morgan fingerprint density at radius 1 is 1.15 bits per heavy atom. The van der Waals surface area contributed by atoms with Gasteiger partial charge in [0.05, 0.1) is 21.3 Å². The molecule has 0 fully saturated rings. The van der Waals surface area contributed by atoms with Gasteiger partial charge in [-0.1, -0.05) is 12.1 Å². The van der Waals surface area contributed by atoms with Crippen LogP contribution in [0.1, 0.15) is 17.5 Å². The van der Waals surface area contributed by atoms with Crippen molar-refractivity contribution in [2.24, 2.45) is 0 Å². The largest absolute Gasteiger partial charge is 0.588 e. The number of para-hydroxylation sites is 1. The molecule has 0 saturated carbocycles. The fourth-order valence-electron chi connectivity index (χ4n) is 2.09. The summed E-state index contributed by atoms with van der Waals surface area (Å²) in [5.41, 5.74) is -0.645. The lowest BCUT2D eigenvalue weighted by Crippen LogP contribution is -2.33. The zero-order chi connectivity index (χ0) is 19.4. The van der Waals surface area contributed by atoms with Crippen LogP contribution in [0.25, 0.3) is 0 Å². The van der Waals surface area contributed by atoms with Gasteiger partial charge >= 0.3 is 17.8 Å². The Morgan fingerprint density at radius 3 is 2.23 bits per heavy atom. The maximum Gasteiger partial charge on any atom is 0.421 e. The second-order valence-electron chi connectivity index (χ2n) is 4.78. The van der Waals surface area contributed by atoms with Crippen LogP contribution in [0.15, 0.2) is 18.2 Å². The second kappa shape index (κ2) is 8.38. The monoisotopic (exact) mass is 392 g/mol. The van der Waals surface area contributed by atoms with Crippen molar-refractivity contribution in [1.29, 1.82) is 0 Å². The van der Waals surface area contributed by atoms with Gasteiger partial charge in [0.2, 0.25) is 0 Å². The summed E-state index contributed by atoms with van der Waals surface area (Å²) >= 11 is -2.83. The molecule has 12 heteroatoms. The Kier molecular flexibility index (Phi) is 6.45. The number of nitrogens with zero attached hydrogens (tertiary/aromatic N) is 4. The molecule has 2 aromatic rings. The highest BCUT2D eigenvalue weighted by atomic mass is 32.2. The van der Waals surface area contributed by atoms with E-state index in [1.165, 1.54) is 26.4 Å². The van der Waals surface area contributed by atoms with Crippen molar-refractivity contribution in [3.63, 3.8) is 0 Å². The van der Waals surface area contributed by atoms with E-state index in [2.05, 4.69) is 15.0 Å². The van der Waals surface area contributed by atoms with Crippen LogP contribution in [0.2, 0.25) is 0 Å². The molecule has 0 saturated heterocycles. The molecule has 0 amide bonds. The smallest absolute Gasteiger partial charge is 0.421 e. The van der Waals surface area contributed by atoms with E-state index < -0.39 is 34.7 Å². The van der Waals surface area contributed by atoms with Gasteiger partial charge < -0.3 is 19.1 Å². The molecule has 142 valence electrons. The van der Waals surface area contributed by atoms with Crippen LogP contribution in [0, 0.1) is 5.82 Å². The number of aliphatic hydroxyl groups excluding tert-OH is 1. The van der Waals surface area contributed by atoms with Crippen molar-refractivity contribution >= 4 is 17.0 Å². The summed E-state index contributed by atoms with van der Waals surface area (Å²) in [6.45, 7) is 0. The number of anilines is 1. The van der Waals surface area contributed by atoms with E-state index in [-0.39, 0.29) is 23.4 Å². The molecule has 0 spiro atoms. The predicted octanol–water partition coefficient (Wildman–Crippen LogP) is 1.43. The van der Waals surface area contributed by atoms with E-state index in [9.17, 15) is 22.8 Å². The van der Waals surface area contributed by atoms with Crippen molar-refractivity contribution in [3.8, 4) is 12.0 Å². The number of alkyl halides is 2. The van der Waals surface area contributed by atoms with Gasteiger partial charge in [0.1, 0.15) is 23.2 Å². The van der Waals surface area contributed by atoms with Gasteiger partial charge in [0.15, 0.2) is 11.6 Å². The van der Waals surface area contributed by atoms with Crippen LogP contribution in [0.5, 0.6) is 12.0 Å². The van der Waals surface area contributed by atoms with Crippen LogP contribution >= 0.6 is 0 Å². The number of hydrogen-bond donors (Lipinski definition) is 1. The minimum absolute atomic E-state index is 0.170. The van der Waals surface area contributed by atoms with Crippen LogP contribution < -0.4 is 13.8 Å². The molecule has 2 atom stereocenters. The maximum atomic E-state index is 14.3. The zero-order valence-corrected chi connectivity index (χ0v) is 14.7. The number of rotatable bonds is 7. The summed E-state index contributed by atoms with van der Waals surface area (Å²) in [7, 11) is 3.57. The average Bonchev–Trinajstić information content (AvgIpc) is 2.65. The van der Waals surface area contributed by atoms with Crippen molar-refractivity contribution in [2.75, 3.05) is 25.6 Å². The number of hydrogen-bond acceptors (Lipinski definition) is 8. The van der Waals surface area contributed by atoms with Crippen LogP contribution in [-0.2, 0) is 11.4 Å². The summed E-state index contributed by atoms with van der Waals surface area (Å²) in [6.07, 6.45) is -1.65. The molecular formula is C14H15F3N4O4S. The molecule has 2 rings (SSSR count). The number of halogens is 3. The van der Waals surface area contributed by atoms with Crippen molar-refractivity contribution in [2.45, 2.75) is 11.9 Å². The number of ether oxygens (including phenoxy) is 2. The zero-order valence-electron chi connectivity index (χ0n) is 13.9. The summed E-state index contributed by atoms with van der Waals surface area (Å²) in [5.74, 6) is -4.45. The maximum absolute atomic E-state index is 14.3. The van der Waals surface area contributed by atoms with Gasteiger partial charge in [0.25, 0.3) is 0 Å². The molecule has 1 aromatic carbocycles. The first kappa shape index (κ1) is 20.0. The molecule has 1 N–H and O–H groups in total. The second-order valence-corrected chi connectivity index (χ2v) is 6.24. The molecule has 8 nitrogen and oxygen atoms in total. The molecular weight excluding hydrogens is 377 g/mol. The third kappa shape index (κ3) is 4.08. The van der Waals surface area contributed by atoms with Crippen LogP contribution in [-0.4, -0.2) is 51.6 Å². The molecule has 0 radical (unpaired) electrons. The number of benzene rings is 1. The lowest BCUT2D eigenvalue weighted by Gasteiger charge is -2.24. The molecule has 1 heterocycles. The third-order valence-electron chi connectivity index (χ3n) is 3.27. The number of methoxy groups -OCH3 is 2. The molecule has 2 unspecified atom stereocenters. The van der Waals surface area contributed by atoms with Gasteiger partial charge in [-0.25, -0.2) is 4.39 Å². The van der Waals surface area contributed by atoms with Gasteiger partial charge in [0, 0.05) is 5.56 Å². The van der Waals surface area contributed by atoms with E-state index in [0.29, 0.717) is 4.31 Å². The predicted molar refractivity (Wildman–Crippen MR) is 85.9 cm³/mol. The number of aliphatic hydroxyl groups is 1. The van der Waals surface area contributed by atoms with Crippen molar-refractivity contribution in [3.05, 3.63) is 35.4 Å². The van der Waals surface area contributed by atoms with E-state index in [1.54, 1.807) is 0 Å². The highest BCUT2D eigenvalue weighted by Gasteiger charge is 2.33. The van der Waals surface area contributed by atoms with E-state index in [0.717, 1.165) is 13.1 Å². The summed E-state index contributed by atoms with van der Waals surface area (Å²) in [6, 6.07) is 3.16. The SMILES string of the molecule is COc1nc(OC)nc(C(O)c2cccc(F)c2N(C)[S+]([O-])C(F)F)n1. The topological polar surface area (TPSA) is 104 Å². The van der Waals surface area contributed by atoms with Crippen molar-refractivity contribution < 1.29 is 32.3 Å². The van der Waals surface area contributed by atoms with Crippen LogP contribution in [0.4, 0.5) is 18.9 Å².